The topological polar surface area (TPSA) is 32.8 Å². The maximum absolute atomic E-state index is 15.0. The molecule has 5 rings (SSSR count). The lowest BCUT2D eigenvalue weighted by Crippen LogP contribution is -2.22. The zero-order valence-corrected chi connectivity index (χ0v) is 22.1. The maximum atomic E-state index is 15.0. The summed E-state index contributed by atoms with van der Waals surface area (Å²) in [5.41, 5.74) is 2.30. The Morgan fingerprint density at radius 3 is 2.26 bits per heavy atom. The molecule has 2 aromatic rings. The van der Waals surface area contributed by atoms with Gasteiger partial charge in [-0.2, -0.15) is 0 Å². The minimum atomic E-state index is -0.786. The largest absolute Gasteiger partial charge is 0.393 e. The number of aliphatic hydroxyl groups excluding tert-OH is 1. The molecule has 3 atom stereocenters. The van der Waals surface area contributed by atoms with Gasteiger partial charge in [-0.05, 0) is 98.7 Å². The van der Waals surface area contributed by atoms with E-state index in [4.69, 9.17) is 4.74 Å². The van der Waals surface area contributed by atoms with Gasteiger partial charge in [-0.1, -0.05) is 43.7 Å². The summed E-state index contributed by atoms with van der Waals surface area (Å²) in [7, 11) is 0. The van der Waals surface area contributed by atoms with Gasteiger partial charge >= 0.3 is 0 Å². The van der Waals surface area contributed by atoms with Gasteiger partial charge in [0.1, 0.15) is 6.10 Å². The van der Waals surface area contributed by atoms with Crippen LogP contribution in [-0.4, -0.2) is 17.8 Å². The molecule has 3 unspecified atom stereocenters. The van der Waals surface area contributed by atoms with Crippen LogP contribution in [0.4, 0.5) is 17.6 Å². The summed E-state index contributed by atoms with van der Waals surface area (Å²) in [6.07, 6.45) is 9.59. The van der Waals surface area contributed by atoms with Gasteiger partial charge in [-0.3, -0.25) is 0 Å². The Hall–Kier alpha value is -2.18. The SMILES string of the molecule is CCCC(O)C1CC=C(c2ccc(CCC3CCC(c4ccc(C5CO5)c(F)c4F)CC3)c(F)c2F)CC1. The number of benzene rings is 2. The average molecular weight is 531 g/mol. The van der Waals surface area contributed by atoms with Gasteiger partial charge in [-0.15, -0.1) is 0 Å². The Morgan fingerprint density at radius 1 is 0.895 bits per heavy atom. The first-order chi connectivity index (χ1) is 18.4. The third-order valence-electron chi connectivity index (χ3n) is 9.02. The molecule has 1 N–H and O–H groups in total. The van der Waals surface area contributed by atoms with Crippen LogP contribution in [0.25, 0.3) is 5.57 Å². The smallest absolute Gasteiger partial charge is 0.166 e. The molecule has 1 saturated carbocycles. The number of rotatable bonds is 9. The quantitative estimate of drug-likeness (QED) is 0.260. The number of allylic oxidation sites excluding steroid dienone is 2. The van der Waals surface area contributed by atoms with Crippen molar-refractivity contribution in [3.63, 3.8) is 0 Å². The van der Waals surface area contributed by atoms with E-state index in [1.54, 1.807) is 24.3 Å². The van der Waals surface area contributed by atoms with Crippen molar-refractivity contribution in [3.8, 4) is 0 Å². The van der Waals surface area contributed by atoms with Crippen molar-refractivity contribution in [1.29, 1.82) is 0 Å². The number of hydrogen-bond acceptors (Lipinski definition) is 2. The molecule has 1 heterocycles. The van der Waals surface area contributed by atoms with Crippen molar-refractivity contribution in [3.05, 3.63) is 75.9 Å². The van der Waals surface area contributed by atoms with Gasteiger partial charge in [0, 0.05) is 11.1 Å². The first kappa shape index (κ1) is 27.4. The Balaban J connectivity index is 1.15. The van der Waals surface area contributed by atoms with Crippen LogP contribution in [0.1, 0.15) is 105 Å². The van der Waals surface area contributed by atoms with Crippen LogP contribution in [0.2, 0.25) is 0 Å². The second-order valence-corrected chi connectivity index (χ2v) is 11.5. The summed E-state index contributed by atoms with van der Waals surface area (Å²) >= 11 is 0. The van der Waals surface area contributed by atoms with Gasteiger partial charge in [0.2, 0.25) is 0 Å². The van der Waals surface area contributed by atoms with E-state index in [2.05, 4.69) is 0 Å². The fraction of sp³-hybridized carbons (Fsp3) is 0.562. The summed E-state index contributed by atoms with van der Waals surface area (Å²) in [5.74, 6) is -2.55. The second kappa shape index (κ2) is 11.9. The normalized spacial score (nSPS) is 26.2. The van der Waals surface area contributed by atoms with Crippen molar-refractivity contribution >= 4 is 5.57 Å². The highest BCUT2D eigenvalue weighted by atomic mass is 19.2. The second-order valence-electron chi connectivity index (χ2n) is 11.5. The molecule has 0 spiro atoms. The molecule has 2 aromatic carbocycles. The van der Waals surface area contributed by atoms with Crippen LogP contribution >= 0.6 is 0 Å². The maximum Gasteiger partial charge on any atom is 0.166 e. The third kappa shape index (κ3) is 5.86. The summed E-state index contributed by atoms with van der Waals surface area (Å²) in [6.45, 7) is 2.49. The van der Waals surface area contributed by atoms with E-state index in [0.29, 0.717) is 54.0 Å². The monoisotopic (exact) mass is 530 g/mol. The van der Waals surface area contributed by atoms with Crippen molar-refractivity contribution < 1.29 is 27.4 Å². The number of ether oxygens (including phenoxy) is 1. The van der Waals surface area contributed by atoms with E-state index >= 15 is 8.78 Å². The van der Waals surface area contributed by atoms with E-state index < -0.39 is 23.3 Å². The Bertz CT molecular complexity index is 1160. The predicted molar refractivity (Wildman–Crippen MR) is 141 cm³/mol. The first-order valence-electron chi connectivity index (χ1n) is 14.3. The first-order valence-corrected chi connectivity index (χ1v) is 14.3. The Labute approximate surface area is 223 Å². The number of aryl methyl sites for hydroxylation is 1. The van der Waals surface area contributed by atoms with Gasteiger partial charge in [-0.25, -0.2) is 17.6 Å². The fourth-order valence-electron chi connectivity index (χ4n) is 6.50. The van der Waals surface area contributed by atoms with E-state index in [9.17, 15) is 13.9 Å². The van der Waals surface area contributed by atoms with Crippen LogP contribution in [0, 0.1) is 35.1 Å². The van der Waals surface area contributed by atoms with Gasteiger partial charge in [0.05, 0.1) is 12.7 Å². The van der Waals surface area contributed by atoms with Crippen molar-refractivity contribution in [1.82, 2.24) is 0 Å². The molecular weight excluding hydrogens is 492 g/mol. The number of halogens is 4. The fourth-order valence-corrected chi connectivity index (χ4v) is 6.50. The highest BCUT2D eigenvalue weighted by Gasteiger charge is 2.32. The van der Waals surface area contributed by atoms with Gasteiger partial charge < -0.3 is 9.84 Å². The van der Waals surface area contributed by atoms with Crippen LogP contribution in [0.15, 0.2) is 30.3 Å². The average Bonchev–Trinajstić information content (AvgIpc) is 3.77. The molecule has 0 aromatic heterocycles. The van der Waals surface area contributed by atoms with Crippen molar-refractivity contribution in [2.75, 3.05) is 6.61 Å². The van der Waals surface area contributed by atoms with E-state index in [1.807, 2.05) is 13.0 Å². The third-order valence-corrected chi connectivity index (χ3v) is 9.02. The lowest BCUT2D eigenvalue weighted by atomic mass is 9.76. The van der Waals surface area contributed by atoms with Gasteiger partial charge in [0.15, 0.2) is 23.3 Å². The minimum Gasteiger partial charge on any atom is -0.393 e. The molecule has 2 nitrogen and oxygen atoms in total. The molecule has 6 heteroatoms. The molecule has 206 valence electrons. The molecule has 0 radical (unpaired) electrons. The zero-order chi connectivity index (χ0) is 26.8. The van der Waals surface area contributed by atoms with Crippen molar-refractivity contribution in [2.24, 2.45) is 11.8 Å². The van der Waals surface area contributed by atoms with E-state index in [1.165, 1.54) is 0 Å². The summed E-state index contributed by atoms with van der Waals surface area (Å²) in [5, 5.41) is 10.3. The highest BCUT2D eigenvalue weighted by Crippen LogP contribution is 2.41. The molecule has 2 aliphatic carbocycles. The molecule has 1 aliphatic heterocycles. The number of epoxide rings is 1. The Morgan fingerprint density at radius 2 is 1.61 bits per heavy atom. The van der Waals surface area contributed by atoms with E-state index in [-0.39, 0.29) is 24.0 Å². The Kier molecular flexibility index (Phi) is 8.59. The molecule has 3 aliphatic rings. The minimum absolute atomic E-state index is 0.0187. The number of hydrogen-bond donors (Lipinski definition) is 1. The molecule has 0 bridgehead atoms. The van der Waals surface area contributed by atoms with Crippen LogP contribution < -0.4 is 0 Å². The predicted octanol–water partition coefficient (Wildman–Crippen LogP) is 8.57. The van der Waals surface area contributed by atoms with Crippen LogP contribution in [0.5, 0.6) is 0 Å². The molecule has 0 amide bonds. The van der Waals surface area contributed by atoms with Crippen molar-refractivity contribution in [2.45, 2.75) is 95.7 Å². The molecular formula is C32H38F4O2. The summed E-state index contributed by atoms with van der Waals surface area (Å²) in [6, 6.07) is 6.76. The lowest BCUT2D eigenvalue weighted by Gasteiger charge is -2.29. The van der Waals surface area contributed by atoms with E-state index in [0.717, 1.165) is 56.9 Å². The van der Waals surface area contributed by atoms with Crippen LogP contribution in [0.3, 0.4) is 0 Å². The molecule has 1 saturated heterocycles. The molecule has 38 heavy (non-hydrogen) atoms. The summed E-state index contributed by atoms with van der Waals surface area (Å²) in [4.78, 5) is 0. The van der Waals surface area contributed by atoms with Gasteiger partial charge in [0.25, 0.3) is 0 Å². The zero-order valence-electron chi connectivity index (χ0n) is 22.1. The summed E-state index contributed by atoms with van der Waals surface area (Å²) < 4.78 is 64.3. The molecule has 2 fully saturated rings. The standard InChI is InChI=1S/C32H38F4O2/c1-2-3-27(37)22-12-10-21(11-13-22)24-15-14-23(29(33)30(24)34)9-6-19-4-7-20(8-5-19)25-16-17-26(28-18-38-28)32(36)31(25)35/h10,14-17,19-20,22,27-28,37H,2-9,11-13,18H2,1H3. The van der Waals surface area contributed by atoms with Crippen LogP contribution in [-0.2, 0) is 11.2 Å². The lowest BCUT2D eigenvalue weighted by molar-refractivity contribution is 0.0934. The number of aliphatic hydroxyl groups is 1. The highest BCUT2D eigenvalue weighted by molar-refractivity contribution is 5.67.